The maximum Gasteiger partial charge on any atom is 0.253 e. The maximum absolute atomic E-state index is 13.2. The quantitative estimate of drug-likeness (QED) is 0.697. The van der Waals surface area contributed by atoms with Crippen LogP contribution in [-0.4, -0.2) is 54.8 Å². The van der Waals surface area contributed by atoms with Crippen molar-refractivity contribution in [2.75, 3.05) is 26.2 Å². The number of likely N-dealkylation sites (tertiary alicyclic amines) is 1. The average molecular weight is 477 g/mol. The number of carbonyl (C=O) groups is 1. The highest BCUT2D eigenvalue weighted by molar-refractivity contribution is 7.89. The molecule has 1 N–H and O–H groups in total. The molecule has 0 radical (unpaired) electrons. The highest BCUT2D eigenvalue weighted by Crippen LogP contribution is 2.31. The number of hydrogen-bond acceptors (Lipinski definition) is 4. The first-order valence-corrected chi connectivity index (χ1v) is 13.1. The molecule has 0 unspecified atom stereocenters. The summed E-state index contributed by atoms with van der Waals surface area (Å²) in [6.45, 7) is 2.17. The van der Waals surface area contributed by atoms with Gasteiger partial charge in [-0.25, -0.2) is 8.42 Å². The summed E-state index contributed by atoms with van der Waals surface area (Å²) in [4.78, 5) is 15.0. The van der Waals surface area contributed by atoms with E-state index in [0.29, 0.717) is 37.7 Å². The second-order valence-corrected chi connectivity index (χ2v) is 10.9. The molecule has 6 nitrogen and oxygen atoms in total. The van der Waals surface area contributed by atoms with Gasteiger partial charge in [0.25, 0.3) is 5.91 Å². The molecular weight excluding hydrogens is 448 g/mol. The number of phenols is 1. The smallest absolute Gasteiger partial charge is 0.253 e. The second kappa shape index (κ2) is 9.81. The van der Waals surface area contributed by atoms with Crippen LogP contribution in [-0.2, 0) is 10.0 Å². The van der Waals surface area contributed by atoms with Gasteiger partial charge in [0, 0.05) is 31.7 Å². The van der Waals surface area contributed by atoms with Gasteiger partial charge in [-0.05, 0) is 67.5 Å². The molecule has 8 heteroatoms. The van der Waals surface area contributed by atoms with Gasteiger partial charge in [-0.2, -0.15) is 4.31 Å². The number of benzene rings is 2. The maximum atomic E-state index is 13.2. The van der Waals surface area contributed by atoms with Crippen molar-refractivity contribution in [3.05, 3.63) is 58.6 Å². The van der Waals surface area contributed by atoms with E-state index in [4.69, 9.17) is 11.6 Å². The molecule has 0 aromatic heterocycles. The standard InChI is InChI=1S/C24H29ClN2O4S/c25-22-10-7-20(17-23(22)32(30,31)27-13-3-1-2-4-14-27)24(29)26-15-11-19(12-16-26)18-5-8-21(28)9-6-18/h5-10,17,19,28H,1-4,11-16H2. The van der Waals surface area contributed by atoms with Crippen LogP contribution in [0.25, 0.3) is 0 Å². The van der Waals surface area contributed by atoms with E-state index in [2.05, 4.69) is 0 Å². The fraction of sp³-hybridized carbons (Fsp3) is 0.458. The fourth-order valence-electron chi connectivity index (χ4n) is 4.60. The van der Waals surface area contributed by atoms with Crippen LogP contribution in [0.2, 0.25) is 5.02 Å². The highest BCUT2D eigenvalue weighted by atomic mass is 35.5. The van der Waals surface area contributed by atoms with Gasteiger partial charge in [0.15, 0.2) is 0 Å². The molecule has 2 aliphatic rings. The minimum absolute atomic E-state index is 0.0193. The topological polar surface area (TPSA) is 77.9 Å². The van der Waals surface area contributed by atoms with Crippen molar-refractivity contribution in [2.45, 2.75) is 49.3 Å². The van der Waals surface area contributed by atoms with E-state index in [9.17, 15) is 18.3 Å². The zero-order chi connectivity index (χ0) is 22.7. The Kier molecular flexibility index (Phi) is 7.08. The van der Waals surface area contributed by atoms with E-state index in [1.165, 1.54) is 16.4 Å². The lowest BCUT2D eigenvalue weighted by molar-refractivity contribution is 0.0712. The third kappa shape index (κ3) is 4.95. The fourth-order valence-corrected chi connectivity index (χ4v) is 6.62. The van der Waals surface area contributed by atoms with Crippen molar-refractivity contribution < 1.29 is 18.3 Å². The van der Waals surface area contributed by atoms with Crippen LogP contribution in [0.4, 0.5) is 0 Å². The Balaban J connectivity index is 1.48. The molecule has 2 heterocycles. The van der Waals surface area contributed by atoms with Crippen molar-refractivity contribution in [1.82, 2.24) is 9.21 Å². The normalized spacial score (nSPS) is 19.0. The van der Waals surface area contributed by atoms with Gasteiger partial charge in [0.1, 0.15) is 10.6 Å². The van der Waals surface area contributed by atoms with Crippen molar-refractivity contribution in [1.29, 1.82) is 0 Å². The molecule has 1 amide bonds. The van der Waals surface area contributed by atoms with Crippen molar-refractivity contribution in [2.24, 2.45) is 0 Å². The summed E-state index contributed by atoms with van der Waals surface area (Å²) in [5, 5.41) is 9.63. The molecule has 32 heavy (non-hydrogen) atoms. The van der Waals surface area contributed by atoms with Crippen LogP contribution in [0, 0.1) is 0 Å². The summed E-state index contributed by atoms with van der Waals surface area (Å²) in [5.41, 5.74) is 1.51. The Bertz CT molecular complexity index is 1060. The molecule has 2 aromatic rings. The number of amides is 1. The number of phenolic OH excluding ortho intramolecular Hbond substituents is 1. The predicted molar refractivity (Wildman–Crippen MR) is 125 cm³/mol. The molecule has 0 spiro atoms. The Morgan fingerprint density at radius 3 is 2.16 bits per heavy atom. The largest absolute Gasteiger partial charge is 0.508 e. The van der Waals surface area contributed by atoms with Crippen molar-refractivity contribution in [3.63, 3.8) is 0 Å². The number of rotatable bonds is 4. The summed E-state index contributed by atoms with van der Waals surface area (Å²) in [6, 6.07) is 11.8. The first kappa shape index (κ1) is 23.1. The van der Waals surface area contributed by atoms with Crippen molar-refractivity contribution >= 4 is 27.5 Å². The van der Waals surface area contributed by atoms with Gasteiger partial charge in [-0.15, -0.1) is 0 Å². The molecule has 2 saturated heterocycles. The van der Waals surface area contributed by atoms with E-state index in [1.807, 2.05) is 12.1 Å². The Labute approximate surface area is 194 Å². The van der Waals surface area contributed by atoms with Crippen LogP contribution < -0.4 is 0 Å². The van der Waals surface area contributed by atoms with E-state index in [-0.39, 0.29) is 21.6 Å². The number of aromatic hydroxyl groups is 1. The molecule has 2 fully saturated rings. The first-order valence-electron chi connectivity index (χ1n) is 11.2. The van der Waals surface area contributed by atoms with Gasteiger partial charge < -0.3 is 10.0 Å². The molecule has 0 aliphatic carbocycles. The zero-order valence-electron chi connectivity index (χ0n) is 18.0. The molecule has 4 rings (SSSR count). The lowest BCUT2D eigenvalue weighted by Gasteiger charge is -2.32. The van der Waals surface area contributed by atoms with Crippen LogP contribution in [0.3, 0.4) is 0 Å². The minimum Gasteiger partial charge on any atom is -0.508 e. The Morgan fingerprint density at radius 1 is 0.906 bits per heavy atom. The zero-order valence-corrected chi connectivity index (χ0v) is 19.6. The molecule has 172 valence electrons. The molecule has 2 aromatic carbocycles. The lowest BCUT2D eigenvalue weighted by atomic mass is 9.89. The molecule has 0 saturated carbocycles. The average Bonchev–Trinajstić information content (AvgIpc) is 3.10. The Morgan fingerprint density at radius 2 is 1.53 bits per heavy atom. The number of hydrogen-bond donors (Lipinski definition) is 1. The molecule has 2 aliphatic heterocycles. The molecule has 0 bridgehead atoms. The molecule has 0 atom stereocenters. The summed E-state index contributed by atoms with van der Waals surface area (Å²) < 4.78 is 28.0. The van der Waals surface area contributed by atoms with Crippen LogP contribution in [0.15, 0.2) is 47.4 Å². The van der Waals surface area contributed by atoms with E-state index in [1.54, 1.807) is 23.1 Å². The minimum atomic E-state index is -3.74. The van der Waals surface area contributed by atoms with Crippen LogP contribution in [0.5, 0.6) is 5.75 Å². The van der Waals surface area contributed by atoms with Crippen LogP contribution in [0.1, 0.15) is 60.4 Å². The SMILES string of the molecule is O=C(c1ccc(Cl)c(S(=O)(=O)N2CCCCCC2)c1)N1CCC(c2ccc(O)cc2)CC1. The lowest BCUT2D eigenvalue weighted by Crippen LogP contribution is -2.38. The number of nitrogens with zero attached hydrogens (tertiary/aromatic N) is 2. The monoisotopic (exact) mass is 476 g/mol. The predicted octanol–water partition coefficient (Wildman–Crippen LogP) is 4.63. The summed E-state index contributed by atoms with van der Waals surface area (Å²) in [6.07, 6.45) is 5.37. The third-order valence-corrected chi connectivity index (χ3v) is 8.89. The summed E-state index contributed by atoms with van der Waals surface area (Å²) >= 11 is 6.28. The van der Waals surface area contributed by atoms with E-state index >= 15 is 0 Å². The number of piperidine rings is 1. The molecular formula is C24H29ClN2O4S. The number of halogens is 1. The van der Waals surface area contributed by atoms with Gasteiger partial charge in [-0.1, -0.05) is 36.6 Å². The summed E-state index contributed by atoms with van der Waals surface area (Å²) in [5.74, 6) is 0.414. The first-order chi connectivity index (χ1) is 15.4. The Hall–Kier alpha value is -2.09. The van der Waals surface area contributed by atoms with Gasteiger partial charge in [0.2, 0.25) is 10.0 Å². The number of carbonyl (C=O) groups excluding carboxylic acids is 1. The third-order valence-electron chi connectivity index (χ3n) is 6.51. The van der Waals surface area contributed by atoms with E-state index in [0.717, 1.165) is 44.1 Å². The second-order valence-electron chi connectivity index (χ2n) is 8.62. The summed E-state index contributed by atoms with van der Waals surface area (Å²) in [7, 11) is -3.74. The van der Waals surface area contributed by atoms with Gasteiger partial charge in [-0.3, -0.25) is 4.79 Å². The van der Waals surface area contributed by atoms with E-state index < -0.39 is 10.0 Å². The van der Waals surface area contributed by atoms with Gasteiger partial charge in [0.05, 0.1) is 5.02 Å². The van der Waals surface area contributed by atoms with Gasteiger partial charge >= 0.3 is 0 Å². The number of sulfonamides is 1. The van der Waals surface area contributed by atoms with Crippen molar-refractivity contribution in [3.8, 4) is 5.75 Å². The van der Waals surface area contributed by atoms with Crippen LogP contribution >= 0.6 is 11.6 Å². The highest BCUT2D eigenvalue weighted by Gasteiger charge is 2.30.